The number of aryl methyl sites for hydroxylation is 1. The monoisotopic (exact) mass is 272 g/mol. The molecule has 1 aliphatic rings. The summed E-state index contributed by atoms with van der Waals surface area (Å²) >= 11 is 0. The van der Waals surface area contributed by atoms with Gasteiger partial charge in [-0.3, -0.25) is 4.68 Å². The standard InChI is InChI=1S/C14H16N4O2/c1-10-7-15-18(8-10)11-5-6-17(9-11)13-4-2-3-12(16-13)14(19)20/h2-4,7-8,11H,5-6,9H2,1H3,(H,19,20). The second-order valence-electron chi connectivity index (χ2n) is 5.07. The number of rotatable bonds is 3. The van der Waals surface area contributed by atoms with E-state index in [9.17, 15) is 4.79 Å². The first-order valence-electron chi connectivity index (χ1n) is 6.59. The van der Waals surface area contributed by atoms with Crippen molar-refractivity contribution in [2.75, 3.05) is 18.0 Å². The van der Waals surface area contributed by atoms with Gasteiger partial charge in [0.05, 0.1) is 12.2 Å². The fourth-order valence-corrected chi connectivity index (χ4v) is 2.52. The number of aromatic nitrogens is 3. The van der Waals surface area contributed by atoms with Gasteiger partial charge in [-0.2, -0.15) is 5.10 Å². The maximum atomic E-state index is 11.0. The van der Waals surface area contributed by atoms with Crippen LogP contribution in [-0.4, -0.2) is 38.9 Å². The van der Waals surface area contributed by atoms with Gasteiger partial charge in [0.1, 0.15) is 5.82 Å². The van der Waals surface area contributed by atoms with Crippen LogP contribution in [0.2, 0.25) is 0 Å². The maximum absolute atomic E-state index is 11.0. The number of pyridine rings is 1. The zero-order valence-corrected chi connectivity index (χ0v) is 11.2. The Labute approximate surface area is 116 Å². The van der Waals surface area contributed by atoms with Crippen molar-refractivity contribution < 1.29 is 9.90 Å². The van der Waals surface area contributed by atoms with Crippen LogP contribution in [0.4, 0.5) is 5.82 Å². The SMILES string of the molecule is Cc1cnn(C2CCN(c3cccc(C(=O)O)n3)C2)c1. The fraction of sp³-hybridized carbons (Fsp3) is 0.357. The summed E-state index contributed by atoms with van der Waals surface area (Å²) in [6.07, 6.45) is 4.88. The molecule has 0 aromatic carbocycles. The highest BCUT2D eigenvalue weighted by Crippen LogP contribution is 2.25. The number of aromatic carboxylic acids is 1. The highest BCUT2D eigenvalue weighted by atomic mass is 16.4. The lowest BCUT2D eigenvalue weighted by atomic mass is 10.3. The molecule has 3 heterocycles. The van der Waals surface area contributed by atoms with E-state index < -0.39 is 5.97 Å². The number of hydrogen-bond donors (Lipinski definition) is 1. The molecule has 0 bridgehead atoms. The van der Waals surface area contributed by atoms with Gasteiger partial charge in [-0.05, 0) is 31.0 Å². The molecule has 0 aliphatic carbocycles. The van der Waals surface area contributed by atoms with E-state index in [2.05, 4.69) is 15.0 Å². The van der Waals surface area contributed by atoms with Gasteiger partial charge in [-0.25, -0.2) is 9.78 Å². The average Bonchev–Trinajstić information content (AvgIpc) is 3.07. The van der Waals surface area contributed by atoms with E-state index in [1.165, 1.54) is 6.07 Å². The van der Waals surface area contributed by atoms with Crippen LogP contribution in [0.3, 0.4) is 0 Å². The molecular formula is C14H16N4O2. The minimum atomic E-state index is -0.995. The van der Waals surface area contributed by atoms with Crippen molar-refractivity contribution in [2.45, 2.75) is 19.4 Å². The highest BCUT2D eigenvalue weighted by Gasteiger charge is 2.25. The molecular weight excluding hydrogens is 256 g/mol. The van der Waals surface area contributed by atoms with Gasteiger partial charge in [0.25, 0.3) is 0 Å². The molecule has 0 saturated carbocycles. The Morgan fingerprint density at radius 3 is 3.00 bits per heavy atom. The number of carbonyl (C=O) groups is 1. The second-order valence-corrected chi connectivity index (χ2v) is 5.07. The lowest BCUT2D eigenvalue weighted by molar-refractivity contribution is 0.0690. The van der Waals surface area contributed by atoms with Crippen molar-refractivity contribution in [1.29, 1.82) is 0 Å². The fourth-order valence-electron chi connectivity index (χ4n) is 2.52. The largest absolute Gasteiger partial charge is 0.477 e. The summed E-state index contributed by atoms with van der Waals surface area (Å²) in [5.41, 5.74) is 1.23. The van der Waals surface area contributed by atoms with Crippen LogP contribution in [0.5, 0.6) is 0 Å². The Kier molecular flexibility index (Phi) is 3.14. The molecule has 3 rings (SSSR count). The lowest BCUT2D eigenvalue weighted by Crippen LogP contribution is -2.22. The van der Waals surface area contributed by atoms with Crippen molar-refractivity contribution >= 4 is 11.8 Å². The molecule has 2 aromatic heterocycles. The third-order valence-electron chi connectivity index (χ3n) is 3.55. The Bertz CT molecular complexity index is 638. The molecule has 1 atom stereocenters. The summed E-state index contributed by atoms with van der Waals surface area (Å²) in [6, 6.07) is 5.41. The lowest BCUT2D eigenvalue weighted by Gasteiger charge is -2.17. The van der Waals surface area contributed by atoms with Crippen LogP contribution < -0.4 is 4.90 Å². The van der Waals surface area contributed by atoms with Crippen molar-refractivity contribution in [3.8, 4) is 0 Å². The van der Waals surface area contributed by atoms with Gasteiger partial charge in [-0.15, -0.1) is 0 Å². The van der Waals surface area contributed by atoms with E-state index in [0.29, 0.717) is 6.04 Å². The normalized spacial score (nSPS) is 18.4. The molecule has 6 heteroatoms. The van der Waals surface area contributed by atoms with Gasteiger partial charge in [0.15, 0.2) is 5.69 Å². The Balaban J connectivity index is 1.77. The van der Waals surface area contributed by atoms with Crippen LogP contribution in [0, 0.1) is 6.92 Å². The molecule has 20 heavy (non-hydrogen) atoms. The van der Waals surface area contributed by atoms with Crippen molar-refractivity contribution in [3.05, 3.63) is 41.9 Å². The molecule has 1 N–H and O–H groups in total. The van der Waals surface area contributed by atoms with Crippen LogP contribution in [0.15, 0.2) is 30.6 Å². The van der Waals surface area contributed by atoms with Gasteiger partial charge in [-0.1, -0.05) is 6.07 Å². The van der Waals surface area contributed by atoms with Gasteiger partial charge >= 0.3 is 5.97 Å². The number of nitrogens with zero attached hydrogens (tertiary/aromatic N) is 4. The molecule has 1 saturated heterocycles. The van der Waals surface area contributed by atoms with E-state index >= 15 is 0 Å². The van der Waals surface area contributed by atoms with E-state index in [1.54, 1.807) is 6.07 Å². The maximum Gasteiger partial charge on any atom is 0.354 e. The molecule has 6 nitrogen and oxygen atoms in total. The van der Waals surface area contributed by atoms with Gasteiger partial charge in [0.2, 0.25) is 0 Å². The van der Waals surface area contributed by atoms with Crippen LogP contribution >= 0.6 is 0 Å². The Morgan fingerprint density at radius 1 is 1.45 bits per heavy atom. The minimum Gasteiger partial charge on any atom is -0.477 e. The van der Waals surface area contributed by atoms with Gasteiger partial charge < -0.3 is 10.0 Å². The molecule has 1 fully saturated rings. The van der Waals surface area contributed by atoms with E-state index in [0.717, 1.165) is 30.9 Å². The van der Waals surface area contributed by atoms with E-state index in [-0.39, 0.29) is 5.69 Å². The Morgan fingerprint density at radius 2 is 2.30 bits per heavy atom. The molecule has 1 unspecified atom stereocenters. The summed E-state index contributed by atoms with van der Waals surface area (Å²) < 4.78 is 1.98. The number of carboxylic acids is 1. The summed E-state index contributed by atoms with van der Waals surface area (Å²) in [6.45, 7) is 3.69. The van der Waals surface area contributed by atoms with Crippen LogP contribution in [0.25, 0.3) is 0 Å². The molecule has 0 radical (unpaired) electrons. The first-order chi connectivity index (χ1) is 9.63. The quantitative estimate of drug-likeness (QED) is 0.921. The number of hydrogen-bond acceptors (Lipinski definition) is 4. The van der Waals surface area contributed by atoms with E-state index in [1.807, 2.05) is 30.1 Å². The zero-order valence-electron chi connectivity index (χ0n) is 11.2. The van der Waals surface area contributed by atoms with Gasteiger partial charge in [0, 0.05) is 19.3 Å². The minimum absolute atomic E-state index is 0.0842. The summed E-state index contributed by atoms with van der Waals surface area (Å²) in [5.74, 6) is -0.276. The number of carboxylic acid groups (broad SMARTS) is 1. The predicted octanol–water partition coefficient (Wildman–Crippen LogP) is 1.74. The first-order valence-corrected chi connectivity index (χ1v) is 6.59. The summed E-state index contributed by atoms with van der Waals surface area (Å²) in [4.78, 5) is 17.3. The number of anilines is 1. The molecule has 0 spiro atoms. The third-order valence-corrected chi connectivity index (χ3v) is 3.55. The average molecular weight is 272 g/mol. The molecule has 2 aromatic rings. The zero-order chi connectivity index (χ0) is 14.1. The van der Waals surface area contributed by atoms with E-state index in [4.69, 9.17) is 5.11 Å². The van der Waals surface area contributed by atoms with Crippen molar-refractivity contribution in [3.63, 3.8) is 0 Å². The molecule has 1 aliphatic heterocycles. The third kappa shape index (κ3) is 2.36. The topological polar surface area (TPSA) is 71.2 Å². The Hall–Kier alpha value is -2.37. The van der Waals surface area contributed by atoms with Crippen LogP contribution in [0.1, 0.15) is 28.5 Å². The summed E-state index contributed by atoms with van der Waals surface area (Å²) in [7, 11) is 0. The second kappa shape index (κ2) is 4.96. The van der Waals surface area contributed by atoms with Crippen LogP contribution in [-0.2, 0) is 0 Å². The summed E-state index contributed by atoms with van der Waals surface area (Å²) in [5, 5.41) is 13.3. The first kappa shape index (κ1) is 12.7. The predicted molar refractivity (Wildman–Crippen MR) is 74.0 cm³/mol. The van der Waals surface area contributed by atoms with Crippen molar-refractivity contribution in [1.82, 2.24) is 14.8 Å². The smallest absolute Gasteiger partial charge is 0.354 e. The van der Waals surface area contributed by atoms with Crippen molar-refractivity contribution in [2.24, 2.45) is 0 Å². The molecule has 104 valence electrons. The molecule has 0 amide bonds. The highest BCUT2D eigenvalue weighted by molar-refractivity contribution is 5.85.